The van der Waals surface area contributed by atoms with E-state index in [-0.39, 0.29) is 11.3 Å². The average Bonchev–Trinajstić information content (AvgIpc) is 3.44. The molecule has 8 heteroatoms. The number of anilines is 1. The normalized spacial score (nSPS) is 15.5. The zero-order chi connectivity index (χ0) is 25.6. The summed E-state index contributed by atoms with van der Waals surface area (Å²) in [6.07, 6.45) is 2.70. The lowest BCUT2D eigenvalue weighted by Crippen LogP contribution is -2.26. The van der Waals surface area contributed by atoms with Crippen molar-refractivity contribution in [2.45, 2.75) is 40.0 Å². The minimum absolute atomic E-state index is 0.174. The molecule has 186 valence electrons. The average molecular weight is 539 g/mol. The Kier molecular flexibility index (Phi) is 6.66. The molecule has 0 aliphatic heterocycles. The van der Waals surface area contributed by atoms with E-state index in [1.807, 2.05) is 36.4 Å². The van der Waals surface area contributed by atoms with Crippen LogP contribution in [0.25, 0.3) is 21.5 Å². The number of hydrogen-bond acceptors (Lipinski definition) is 6. The number of carbonyl (C=O) groups is 2. The summed E-state index contributed by atoms with van der Waals surface area (Å²) in [7, 11) is 1.38. The Morgan fingerprint density at radius 2 is 1.92 bits per heavy atom. The number of carbonyl (C=O) groups excluding carboxylic acids is 2. The minimum atomic E-state index is -0.412. The molecular weight excluding hydrogens is 512 g/mol. The van der Waals surface area contributed by atoms with E-state index in [0.29, 0.717) is 32.1 Å². The molecule has 5 rings (SSSR count). The first kappa shape index (κ1) is 24.9. The van der Waals surface area contributed by atoms with Gasteiger partial charge in [-0.05, 0) is 60.4 Å². The van der Waals surface area contributed by atoms with Crippen LogP contribution in [0.3, 0.4) is 0 Å². The molecule has 5 nitrogen and oxygen atoms in total. The number of rotatable bonds is 4. The van der Waals surface area contributed by atoms with Gasteiger partial charge in [-0.3, -0.25) is 4.79 Å². The van der Waals surface area contributed by atoms with Crippen LogP contribution in [0.2, 0.25) is 4.34 Å². The van der Waals surface area contributed by atoms with Gasteiger partial charge in [0.2, 0.25) is 0 Å². The molecule has 0 bridgehead atoms. The zero-order valence-electron chi connectivity index (χ0n) is 20.6. The Hall–Kier alpha value is -2.74. The molecule has 0 spiro atoms. The molecule has 0 radical (unpaired) electrons. The maximum absolute atomic E-state index is 13.7. The van der Waals surface area contributed by atoms with E-state index in [9.17, 15) is 9.59 Å². The fraction of sp³-hybridized carbons (Fsp3) is 0.321. The lowest BCUT2D eigenvalue weighted by molar-refractivity contribution is 0.0600. The van der Waals surface area contributed by atoms with Crippen molar-refractivity contribution in [2.24, 2.45) is 11.3 Å². The number of amides is 1. The highest BCUT2D eigenvalue weighted by molar-refractivity contribution is 7.19. The fourth-order valence-corrected chi connectivity index (χ4v) is 7.16. The van der Waals surface area contributed by atoms with Gasteiger partial charge < -0.3 is 10.1 Å². The fourth-order valence-electron chi connectivity index (χ4n) is 4.84. The van der Waals surface area contributed by atoms with Gasteiger partial charge in [0.05, 0.1) is 38.7 Å². The van der Waals surface area contributed by atoms with E-state index >= 15 is 0 Å². The predicted octanol–water partition coefficient (Wildman–Crippen LogP) is 7.87. The van der Waals surface area contributed by atoms with Crippen molar-refractivity contribution >= 4 is 62.1 Å². The Morgan fingerprint density at radius 1 is 1.14 bits per heavy atom. The van der Waals surface area contributed by atoms with Gasteiger partial charge >= 0.3 is 5.97 Å². The van der Waals surface area contributed by atoms with E-state index in [1.165, 1.54) is 29.8 Å². The summed E-state index contributed by atoms with van der Waals surface area (Å²) in [4.78, 5) is 33.3. The van der Waals surface area contributed by atoms with Crippen molar-refractivity contribution < 1.29 is 14.3 Å². The molecule has 0 saturated carbocycles. The van der Waals surface area contributed by atoms with Gasteiger partial charge in [0.1, 0.15) is 5.00 Å². The lowest BCUT2D eigenvalue weighted by Gasteiger charge is -2.33. The van der Waals surface area contributed by atoms with Crippen molar-refractivity contribution in [1.82, 2.24) is 4.98 Å². The third-order valence-corrected chi connectivity index (χ3v) is 9.32. The van der Waals surface area contributed by atoms with Gasteiger partial charge in [-0.1, -0.05) is 50.6 Å². The van der Waals surface area contributed by atoms with Gasteiger partial charge in [-0.15, -0.1) is 22.7 Å². The molecule has 3 aromatic heterocycles. The van der Waals surface area contributed by atoms with E-state index in [0.717, 1.165) is 45.5 Å². The number of ether oxygens (including phenoxy) is 1. The lowest BCUT2D eigenvalue weighted by atomic mass is 9.72. The molecule has 0 saturated heterocycles. The zero-order valence-corrected chi connectivity index (χ0v) is 23.0. The number of para-hydroxylation sites is 1. The third-order valence-electron chi connectivity index (χ3n) is 6.89. The largest absolute Gasteiger partial charge is 0.465 e. The van der Waals surface area contributed by atoms with Crippen LogP contribution >= 0.6 is 34.3 Å². The second kappa shape index (κ2) is 9.61. The first-order chi connectivity index (χ1) is 17.2. The van der Waals surface area contributed by atoms with Crippen LogP contribution in [0.4, 0.5) is 5.00 Å². The van der Waals surface area contributed by atoms with Crippen LogP contribution in [0.5, 0.6) is 0 Å². The Labute approximate surface area is 223 Å². The van der Waals surface area contributed by atoms with E-state index < -0.39 is 5.97 Å². The number of nitrogens with zero attached hydrogens (tertiary/aromatic N) is 1. The second-order valence-electron chi connectivity index (χ2n) is 10.1. The van der Waals surface area contributed by atoms with Crippen molar-refractivity contribution in [3.8, 4) is 10.6 Å². The SMILES string of the molecule is COC(=O)c1c(NC(=O)c2cc(-c3ccc(Cl)s3)nc3ccccc23)sc2c1CCC(C(C)(C)C)C2. The standard InChI is InChI=1S/C28H27ClN2O3S2/c1-28(2,3)15-9-10-17-22(13-15)36-26(24(17)27(33)34-4)31-25(32)18-14-20(21-11-12-23(29)35-21)30-19-8-6-5-7-16(18)19/h5-8,11-12,14-15H,9-10,13H2,1-4H3,(H,31,32). The third kappa shape index (κ3) is 4.67. The van der Waals surface area contributed by atoms with Crippen molar-refractivity contribution in [1.29, 1.82) is 0 Å². The van der Waals surface area contributed by atoms with Crippen molar-refractivity contribution in [3.05, 3.63) is 68.4 Å². The van der Waals surface area contributed by atoms with Gasteiger partial charge in [-0.25, -0.2) is 9.78 Å². The molecule has 1 atom stereocenters. The van der Waals surface area contributed by atoms with Crippen LogP contribution in [0.1, 0.15) is 58.3 Å². The maximum atomic E-state index is 13.7. The first-order valence-corrected chi connectivity index (χ1v) is 13.9. The molecule has 1 aromatic carbocycles. The number of fused-ring (bicyclic) bond motifs is 2. The second-order valence-corrected chi connectivity index (χ2v) is 13.0. The number of thiophene rings is 2. The Bertz CT molecular complexity index is 1480. The van der Waals surface area contributed by atoms with E-state index in [1.54, 1.807) is 6.07 Å². The smallest absolute Gasteiger partial charge is 0.341 e. The quantitative estimate of drug-likeness (QED) is 0.268. The minimum Gasteiger partial charge on any atom is -0.465 e. The highest BCUT2D eigenvalue weighted by atomic mass is 35.5. The molecule has 1 unspecified atom stereocenters. The van der Waals surface area contributed by atoms with E-state index in [4.69, 9.17) is 21.3 Å². The topological polar surface area (TPSA) is 68.3 Å². The molecule has 1 amide bonds. The molecule has 3 heterocycles. The van der Waals surface area contributed by atoms with Crippen molar-refractivity contribution in [3.63, 3.8) is 0 Å². The molecule has 0 fully saturated rings. The number of pyridine rings is 1. The van der Waals surface area contributed by atoms with Crippen LogP contribution in [-0.2, 0) is 17.6 Å². The molecule has 1 N–H and O–H groups in total. The summed E-state index contributed by atoms with van der Waals surface area (Å²) in [5.41, 5.74) is 3.57. The van der Waals surface area contributed by atoms with Gasteiger partial charge in [0, 0.05) is 10.3 Å². The predicted molar refractivity (Wildman–Crippen MR) is 149 cm³/mol. The number of aromatic nitrogens is 1. The summed E-state index contributed by atoms with van der Waals surface area (Å²) >= 11 is 9.07. The summed E-state index contributed by atoms with van der Waals surface area (Å²) < 4.78 is 5.79. The Balaban J connectivity index is 1.56. The number of esters is 1. The molecule has 4 aromatic rings. The van der Waals surface area contributed by atoms with E-state index in [2.05, 4.69) is 26.1 Å². The number of halogens is 1. The number of methoxy groups -OCH3 is 1. The van der Waals surface area contributed by atoms with Crippen LogP contribution in [0.15, 0.2) is 42.5 Å². The van der Waals surface area contributed by atoms with Crippen LogP contribution in [0, 0.1) is 11.3 Å². The Morgan fingerprint density at radius 3 is 2.61 bits per heavy atom. The summed E-state index contributed by atoms with van der Waals surface area (Å²) in [6.45, 7) is 6.77. The molecule has 36 heavy (non-hydrogen) atoms. The highest BCUT2D eigenvalue weighted by Crippen LogP contribution is 2.44. The summed E-state index contributed by atoms with van der Waals surface area (Å²) in [6, 6.07) is 13.1. The summed E-state index contributed by atoms with van der Waals surface area (Å²) in [5.74, 6) is -0.179. The van der Waals surface area contributed by atoms with Crippen molar-refractivity contribution in [2.75, 3.05) is 12.4 Å². The molecule has 1 aliphatic rings. The number of benzene rings is 1. The monoisotopic (exact) mass is 538 g/mol. The number of hydrogen-bond donors (Lipinski definition) is 1. The maximum Gasteiger partial charge on any atom is 0.341 e. The van der Waals surface area contributed by atoms with Gasteiger partial charge in [-0.2, -0.15) is 0 Å². The number of nitrogens with one attached hydrogen (secondary N) is 1. The summed E-state index contributed by atoms with van der Waals surface area (Å²) in [5, 5.41) is 4.35. The molecular formula is C28H27ClN2O3S2. The highest BCUT2D eigenvalue weighted by Gasteiger charge is 2.34. The molecule has 1 aliphatic carbocycles. The van der Waals surface area contributed by atoms with Crippen LogP contribution < -0.4 is 5.32 Å². The first-order valence-electron chi connectivity index (χ1n) is 11.9. The van der Waals surface area contributed by atoms with Crippen LogP contribution in [-0.4, -0.2) is 24.0 Å². The van der Waals surface area contributed by atoms with Gasteiger partial charge in [0.15, 0.2) is 0 Å². The van der Waals surface area contributed by atoms with Gasteiger partial charge in [0.25, 0.3) is 5.91 Å².